The number of nitrogens with zero attached hydrogens (tertiary/aromatic N) is 9. The van der Waals surface area contributed by atoms with Crippen molar-refractivity contribution in [1.82, 2.24) is 43.7 Å². The van der Waals surface area contributed by atoms with Crippen LogP contribution in [0.4, 0.5) is 17.1 Å². The summed E-state index contributed by atoms with van der Waals surface area (Å²) in [7, 11) is -3.79. The molecular formula is C50H46N12O6S7. The Labute approximate surface area is 456 Å². The van der Waals surface area contributed by atoms with Crippen molar-refractivity contribution < 1.29 is 27.6 Å². The van der Waals surface area contributed by atoms with Gasteiger partial charge in [-0.3, -0.25) is 19.2 Å². The van der Waals surface area contributed by atoms with Gasteiger partial charge in [-0.25, -0.2) is 13.0 Å². The van der Waals surface area contributed by atoms with Crippen molar-refractivity contribution in [3.8, 4) is 53.0 Å². The van der Waals surface area contributed by atoms with Crippen LogP contribution in [0.5, 0.6) is 0 Å². The van der Waals surface area contributed by atoms with E-state index in [1.165, 1.54) is 39.0 Å². The molecule has 6 aromatic heterocycles. The summed E-state index contributed by atoms with van der Waals surface area (Å²) in [6.07, 6.45) is 1.69. The number of para-hydroxylation sites is 1. The van der Waals surface area contributed by atoms with Crippen molar-refractivity contribution in [2.75, 3.05) is 28.0 Å². The topological polar surface area (TPSA) is 231 Å². The van der Waals surface area contributed by atoms with Crippen LogP contribution in [-0.4, -0.2) is 97.8 Å². The van der Waals surface area contributed by atoms with E-state index in [2.05, 4.69) is 46.5 Å². The molecule has 18 nitrogen and oxygen atoms in total. The largest absolute Gasteiger partial charge is 0.325 e. The Bertz CT molecular complexity index is 3640. The van der Waals surface area contributed by atoms with Crippen molar-refractivity contribution in [2.24, 2.45) is 0 Å². The monoisotopic (exact) mass is 1130 g/mol. The van der Waals surface area contributed by atoms with Crippen LogP contribution >= 0.6 is 69.3 Å². The molecule has 3 N–H and O–H groups in total. The van der Waals surface area contributed by atoms with Crippen LogP contribution in [0, 0.1) is 0 Å². The molecule has 9 rings (SSSR count). The molecular weight excluding hydrogens is 1090 g/mol. The zero-order chi connectivity index (χ0) is 53.1. The summed E-state index contributed by atoms with van der Waals surface area (Å²) in [5.74, 6) is 0.407. The van der Waals surface area contributed by atoms with Crippen LogP contribution in [0.1, 0.15) is 34.6 Å². The number of rotatable bonds is 20. The minimum absolute atomic E-state index is 0.0253. The Balaban J connectivity index is 0.777. The predicted molar refractivity (Wildman–Crippen MR) is 302 cm³/mol. The van der Waals surface area contributed by atoms with E-state index in [1.807, 2.05) is 122 Å². The minimum Gasteiger partial charge on any atom is -0.325 e. The maximum absolute atomic E-state index is 13.5. The third-order valence-electron chi connectivity index (χ3n) is 11.2. The quantitative estimate of drug-likeness (QED) is 0.0476. The number of hydrogen-bond acceptors (Lipinski definition) is 18. The average Bonchev–Trinajstić information content (AvgIpc) is 4.26. The van der Waals surface area contributed by atoms with Gasteiger partial charge in [0.25, 0.3) is 0 Å². The number of amides is 3. The Morgan fingerprint density at radius 1 is 0.587 bits per heavy atom. The maximum atomic E-state index is 13.5. The van der Waals surface area contributed by atoms with Crippen LogP contribution in [-0.2, 0) is 35.7 Å². The molecule has 0 radical (unpaired) electrons. The number of benzene rings is 3. The molecule has 0 fully saturated rings. The molecule has 3 amide bonds. The smallest absolute Gasteiger partial charge is 0.240 e. The SMILES string of the molecule is CCn1c(SC(C)(C)C(=O)Nc2ccccc2)nnc1-c1ccc(-c2ccc(NC(=O)CSc3nnc(-c4ccc(-c5ccc(NC(=O)C(C)(C)Sc6nnc(-c7cccs7)n6S(C)(=O)=O)cc5)s4)n3C=O)cc2)s1. The maximum Gasteiger partial charge on any atom is 0.240 e. The van der Waals surface area contributed by atoms with Gasteiger partial charge in [0.05, 0.1) is 36.1 Å². The van der Waals surface area contributed by atoms with Gasteiger partial charge in [-0.15, -0.1) is 64.6 Å². The van der Waals surface area contributed by atoms with E-state index in [-0.39, 0.29) is 39.6 Å². The first-order valence-corrected chi connectivity index (χ1v) is 29.8. The molecule has 0 saturated carbocycles. The summed E-state index contributed by atoms with van der Waals surface area (Å²) in [5, 5.41) is 37.4. The lowest BCUT2D eigenvalue weighted by Crippen LogP contribution is -2.34. The molecule has 0 aliphatic carbocycles. The Hall–Kier alpha value is -6.74. The molecule has 9 aromatic rings. The molecule has 0 unspecified atom stereocenters. The van der Waals surface area contributed by atoms with E-state index in [0.717, 1.165) is 65.2 Å². The average molecular weight is 1140 g/mol. The van der Waals surface area contributed by atoms with Gasteiger partial charge >= 0.3 is 0 Å². The van der Waals surface area contributed by atoms with Crippen LogP contribution in [0.25, 0.3) is 53.0 Å². The molecule has 75 heavy (non-hydrogen) atoms. The third kappa shape index (κ3) is 12.0. The predicted octanol–water partition coefficient (Wildman–Crippen LogP) is 10.6. The van der Waals surface area contributed by atoms with Gasteiger partial charge in [0, 0.05) is 33.4 Å². The second kappa shape index (κ2) is 22.2. The normalized spacial score (nSPS) is 11.9. The lowest BCUT2D eigenvalue weighted by Gasteiger charge is -2.22. The van der Waals surface area contributed by atoms with E-state index in [0.29, 0.717) is 50.9 Å². The Morgan fingerprint density at radius 2 is 1.09 bits per heavy atom. The number of carbonyl (C=O) groups excluding carboxylic acids is 4. The van der Waals surface area contributed by atoms with Crippen molar-refractivity contribution in [2.45, 2.75) is 66.1 Å². The van der Waals surface area contributed by atoms with E-state index >= 15 is 0 Å². The van der Waals surface area contributed by atoms with Gasteiger partial charge in [0.2, 0.25) is 39.3 Å². The molecule has 0 aliphatic rings. The van der Waals surface area contributed by atoms with Crippen molar-refractivity contribution >= 4 is 121 Å². The summed E-state index contributed by atoms with van der Waals surface area (Å²) in [4.78, 5) is 56.4. The van der Waals surface area contributed by atoms with E-state index < -0.39 is 19.5 Å². The van der Waals surface area contributed by atoms with Crippen molar-refractivity contribution in [3.63, 3.8) is 0 Å². The van der Waals surface area contributed by atoms with E-state index in [4.69, 9.17) is 0 Å². The zero-order valence-corrected chi connectivity index (χ0v) is 46.6. The van der Waals surface area contributed by atoms with Crippen molar-refractivity contribution in [1.29, 1.82) is 0 Å². The van der Waals surface area contributed by atoms with Gasteiger partial charge in [0.1, 0.15) is 0 Å². The highest BCUT2D eigenvalue weighted by Gasteiger charge is 2.35. The van der Waals surface area contributed by atoms with Crippen LogP contribution in [0.15, 0.2) is 136 Å². The molecule has 0 atom stereocenters. The van der Waals surface area contributed by atoms with Gasteiger partial charge in [0.15, 0.2) is 27.8 Å². The van der Waals surface area contributed by atoms with Crippen LogP contribution < -0.4 is 16.0 Å². The fourth-order valence-electron chi connectivity index (χ4n) is 7.27. The fourth-order valence-corrected chi connectivity index (χ4v) is 13.9. The van der Waals surface area contributed by atoms with Gasteiger partial charge in [-0.05, 0) is 118 Å². The summed E-state index contributed by atoms with van der Waals surface area (Å²) in [5.41, 5.74) is 3.67. The lowest BCUT2D eigenvalue weighted by molar-refractivity contribution is -0.118. The summed E-state index contributed by atoms with van der Waals surface area (Å²) >= 11 is 7.74. The summed E-state index contributed by atoms with van der Waals surface area (Å²) in [6.45, 7) is 9.72. The molecule has 6 heterocycles. The van der Waals surface area contributed by atoms with Gasteiger partial charge in [-0.1, -0.05) is 83.8 Å². The first-order valence-electron chi connectivity index (χ1n) is 22.8. The number of carbonyl (C=O) groups is 4. The third-order valence-corrected chi connectivity index (χ3v) is 18.7. The van der Waals surface area contributed by atoms with Crippen LogP contribution in [0.2, 0.25) is 0 Å². The van der Waals surface area contributed by atoms with Crippen molar-refractivity contribution in [3.05, 3.63) is 121 Å². The Morgan fingerprint density at radius 3 is 1.65 bits per heavy atom. The number of aromatic nitrogens is 9. The fraction of sp³-hybridized carbons (Fsp3) is 0.200. The van der Waals surface area contributed by atoms with E-state index in [9.17, 15) is 27.6 Å². The number of anilines is 3. The minimum atomic E-state index is -3.79. The first kappa shape index (κ1) is 53.1. The zero-order valence-electron chi connectivity index (χ0n) is 40.9. The Kier molecular flexibility index (Phi) is 15.7. The van der Waals surface area contributed by atoms with E-state index in [1.54, 1.807) is 49.4 Å². The molecule has 3 aromatic carbocycles. The highest BCUT2D eigenvalue weighted by atomic mass is 32.2. The molecule has 0 saturated heterocycles. The molecule has 25 heteroatoms. The standard InChI is InChI=1S/C50H46N12O6S7/c1-7-60-41(54-58-47(60)73-49(2,3)44(65)52-32-12-9-8-10-13-32)38-25-23-35(71-38)30-15-19-33(20-16-30)51-40(64)28-70-46-57-55-42(61(46)29-63)39-26-24-36(72-39)31-17-21-34(22-18-31)53-45(66)50(4,5)74-48-59-56-43(37-14-11-27-69-37)62(48)75(6,67)68/h8-27,29H,7,28H2,1-6H3,(H,51,64)(H,52,65)(H,53,66). The molecule has 0 aliphatic heterocycles. The van der Waals surface area contributed by atoms with Crippen LogP contribution in [0.3, 0.4) is 0 Å². The van der Waals surface area contributed by atoms with Gasteiger partial charge < -0.3 is 20.5 Å². The number of thioether (sulfide) groups is 3. The second-order valence-corrected chi connectivity index (χ2v) is 26.5. The molecule has 0 spiro atoms. The molecule has 0 bridgehead atoms. The molecule has 384 valence electrons. The highest BCUT2D eigenvalue weighted by Crippen LogP contribution is 2.40. The highest BCUT2D eigenvalue weighted by molar-refractivity contribution is 8.02. The summed E-state index contributed by atoms with van der Waals surface area (Å²) in [6, 6.07) is 35.4. The lowest BCUT2D eigenvalue weighted by atomic mass is 10.1. The van der Waals surface area contributed by atoms with Gasteiger partial charge in [-0.2, -0.15) is 3.97 Å². The number of hydrogen-bond donors (Lipinski definition) is 3. The second-order valence-electron chi connectivity index (χ2n) is 17.5. The number of nitrogens with one attached hydrogen (secondary N) is 3. The summed E-state index contributed by atoms with van der Waals surface area (Å²) < 4.78 is 28.0. The first-order chi connectivity index (χ1) is 35.9. The number of thiophene rings is 3.